The van der Waals surface area contributed by atoms with Crippen molar-refractivity contribution in [3.63, 3.8) is 0 Å². The first-order valence-corrected chi connectivity index (χ1v) is 5.81. The number of hydrogen-bond donors (Lipinski definition) is 1. The van der Waals surface area contributed by atoms with E-state index in [1.54, 1.807) is 0 Å². The molecule has 0 radical (unpaired) electrons. The highest BCUT2D eigenvalue weighted by atomic mass is 127. The number of fused-ring (bicyclic) bond motifs is 1. The third-order valence-electron chi connectivity index (χ3n) is 2.38. The van der Waals surface area contributed by atoms with Gasteiger partial charge in [-0.2, -0.15) is 9.49 Å². The largest absolute Gasteiger partial charge is 0.252 e. The summed E-state index contributed by atoms with van der Waals surface area (Å²) in [5.74, 6) is -0.339. The maximum Gasteiger partial charge on any atom is 0.217 e. The van der Waals surface area contributed by atoms with E-state index in [9.17, 15) is 4.39 Å². The predicted octanol–water partition coefficient (Wildman–Crippen LogP) is 3.60. The van der Waals surface area contributed by atoms with Crippen molar-refractivity contribution < 1.29 is 4.39 Å². The molecule has 0 amide bonds. The minimum absolute atomic E-state index is 0.0826. The van der Waals surface area contributed by atoms with Crippen molar-refractivity contribution in [2.45, 2.75) is 26.2 Å². The van der Waals surface area contributed by atoms with Gasteiger partial charge in [-0.1, -0.05) is 20.8 Å². The summed E-state index contributed by atoms with van der Waals surface area (Å²) in [5.41, 5.74) is 1.63. The number of nitrogens with zero attached hydrogens (tertiary/aromatic N) is 1. The summed E-state index contributed by atoms with van der Waals surface area (Å²) in [4.78, 5) is 0. The molecule has 2 aromatic rings. The lowest BCUT2D eigenvalue weighted by Crippen LogP contribution is -2.14. The number of halogens is 2. The van der Waals surface area contributed by atoms with Crippen LogP contribution >= 0.6 is 22.6 Å². The van der Waals surface area contributed by atoms with Crippen LogP contribution < -0.4 is 0 Å². The van der Waals surface area contributed by atoms with E-state index in [4.69, 9.17) is 0 Å². The summed E-state index contributed by atoms with van der Waals surface area (Å²) in [7, 11) is 0. The molecule has 0 unspecified atom stereocenters. The zero-order valence-corrected chi connectivity index (χ0v) is 11.0. The van der Waals surface area contributed by atoms with E-state index in [2.05, 4.69) is 53.6 Å². The maximum absolute atomic E-state index is 13.6. The summed E-state index contributed by atoms with van der Waals surface area (Å²) < 4.78 is 14.7. The molecule has 1 N–H and O–H groups in total. The summed E-state index contributed by atoms with van der Waals surface area (Å²) in [5, 5.41) is 6.95. The van der Waals surface area contributed by atoms with Gasteiger partial charge in [0.25, 0.3) is 0 Å². The Bertz CT molecular complexity index is 511. The van der Waals surface area contributed by atoms with Gasteiger partial charge >= 0.3 is 0 Å². The molecular formula is C11H12FIN2. The molecular weight excluding hydrogens is 306 g/mol. The van der Waals surface area contributed by atoms with Crippen molar-refractivity contribution in [3.05, 3.63) is 27.2 Å². The number of hydrogen-bond acceptors (Lipinski definition) is 1. The van der Waals surface area contributed by atoms with E-state index in [-0.39, 0.29) is 11.4 Å². The van der Waals surface area contributed by atoms with Crippen molar-refractivity contribution >= 4 is 33.5 Å². The van der Waals surface area contributed by atoms with E-state index in [1.807, 2.05) is 12.1 Å². The maximum atomic E-state index is 13.6. The van der Waals surface area contributed by atoms with Crippen LogP contribution in [0.2, 0.25) is 0 Å². The van der Waals surface area contributed by atoms with E-state index < -0.39 is 0 Å². The van der Waals surface area contributed by atoms with Crippen LogP contribution in [0.1, 0.15) is 26.3 Å². The summed E-state index contributed by atoms with van der Waals surface area (Å²) in [6.07, 6.45) is 0. The van der Waals surface area contributed by atoms with Gasteiger partial charge in [-0.15, -0.1) is 0 Å². The van der Waals surface area contributed by atoms with Crippen molar-refractivity contribution in [1.29, 1.82) is 0 Å². The van der Waals surface area contributed by atoms with Crippen molar-refractivity contribution in [2.24, 2.45) is 0 Å². The third-order valence-corrected chi connectivity index (χ3v) is 3.28. The first kappa shape index (κ1) is 10.9. The molecule has 0 saturated carbocycles. The van der Waals surface area contributed by atoms with Crippen LogP contribution in [0, 0.1) is 9.52 Å². The Labute approximate surface area is 101 Å². The van der Waals surface area contributed by atoms with Crippen LogP contribution in [0.15, 0.2) is 12.1 Å². The van der Waals surface area contributed by atoms with E-state index in [1.165, 1.54) is 0 Å². The van der Waals surface area contributed by atoms with Crippen molar-refractivity contribution in [2.75, 3.05) is 0 Å². The molecule has 0 spiro atoms. The van der Waals surface area contributed by atoms with Crippen LogP contribution in [0.5, 0.6) is 0 Å². The van der Waals surface area contributed by atoms with Crippen LogP contribution in [0.3, 0.4) is 0 Å². The first-order chi connectivity index (χ1) is 6.91. The number of aromatic nitrogens is 2. The van der Waals surface area contributed by atoms with Crippen LogP contribution in [-0.2, 0) is 5.41 Å². The average Bonchev–Trinajstić information content (AvgIpc) is 2.46. The summed E-state index contributed by atoms with van der Waals surface area (Å²) in [6, 6.07) is 3.82. The monoisotopic (exact) mass is 318 g/mol. The van der Waals surface area contributed by atoms with Gasteiger partial charge in [-0.05, 0) is 45.7 Å². The van der Waals surface area contributed by atoms with Crippen LogP contribution in [0.4, 0.5) is 4.39 Å². The van der Waals surface area contributed by atoms with Crippen LogP contribution in [0.25, 0.3) is 10.9 Å². The highest BCUT2D eigenvalue weighted by molar-refractivity contribution is 14.1. The Kier molecular flexibility index (Phi) is 2.48. The van der Waals surface area contributed by atoms with Gasteiger partial charge in [-0.3, -0.25) is 5.10 Å². The Balaban J connectivity index is 2.90. The second-order valence-corrected chi connectivity index (χ2v) is 5.77. The average molecular weight is 318 g/mol. The molecule has 0 atom stereocenters. The first-order valence-electron chi connectivity index (χ1n) is 4.74. The topological polar surface area (TPSA) is 28.7 Å². The van der Waals surface area contributed by atoms with Gasteiger partial charge in [0.05, 0.1) is 10.9 Å². The summed E-state index contributed by atoms with van der Waals surface area (Å²) in [6.45, 7) is 6.24. The smallest absolute Gasteiger partial charge is 0.217 e. The fourth-order valence-corrected chi connectivity index (χ4v) is 3.04. The van der Waals surface area contributed by atoms with Gasteiger partial charge in [0.15, 0.2) is 0 Å². The molecule has 15 heavy (non-hydrogen) atoms. The lowest BCUT2D eigenvalue weighted by Gasteiger charge is -2.21. The zero-order valence-electron chi connectivity index (χ0n) is 8.86. The molecule has 4 heteroatoms. The lowest BCUT2D eigenvalue weighted by atomic mass is 9.85. The molecule has 0 bridgehead atoms. The quantitative estimate of drug-likeness (QED) is 0.739. The van der Waals surface area contributed by atoms with E-state index >= 15 is 0 Å². The summed E-state index contributed by atoms with van der Waals surface area (Å²) >= 11 is 2.24. The molecule has 1 aromatic carbocycles. The highest BCUT2D eigenvalue weighted by Gasteiger charge is 2.23. The van der Waals surface area contributed by atoms with E-state index in [0.29, 0.717) is 10.9 Å². The van der Waals surface area contributed by atoms with Crippen molar-refractivity contribution in [3.8, 4) is 0 Å². The van der Waals surface area contributed by atoms with Gasteiger partial charge in [-0.25, -0.2) is 0 Å². The molecule has 0 aliphatic carbocycles. The number of H-pyrrole nitrogens is 1. The van der Waals surface area contributed by atoms with Gasteiger partial charge in [0, 0.05) is 3.57 Å². The minimum atomic E-state index is -0.339. The SMILES string of the molecule is CC(C)(C)c1c(I)ccc2n[nH]c(F)c12. The molecule has 1 heterocycles. The Morgan fingerprint density at radius 2 is 2.00 bits per heavy atom. The normalized spacial score (nSPS) is 12.3. The second-order valence-electron chi connectivity index (χ2n) is 4.60. The molecule has 0 aliphatic heterocycles. The zero-order chi connectivity index (χ0) is 11.2. The number of aromatic amines is 1. The standard InChI is InChI=1S/C11H12FIN2/c1-11(2,3)9-6(13)4-5-7-8(9)10(12)15-14-7/h4-5H,1-3H3,(H,14,15). The van der Waals surface area contributed by atoms with Gasteiger partial charge in [0.1, 0.15) is 0 Å². The minimum Gasteiger partial charge on any atom is -0.252 e. The molecule has 0 aliphatic rings. The third kappa shape index (κ3) is 1.75. The van der Waals surface area contributed by atoms with E-state index in [0.717, 1.165) is 9.13 Å². The number of benzene rings is 1. The molecule has 1 aromatic heterocycles. The molecule has 2 rings (SSSR count). The molecule has 0 saturated heterocycles. The Hall–Kier alpha value is -0.650. The number of nitrogens with one attached hydrogen (secondary N) is 1. The van der Waals surface area contributed by atoms with Gasteiger partial charge in [0.2, 0.25) is 5.95 Å². The van der Waals surface area contributed by atoms with Crippen molar-refractivity contribution in [1.82, 2.24) is 10.2 Å². The fraction of sp³-hybridized carbons (Fsp3) is 0.364. The predicted molar refractivity (Wildman–Crippen MR) is 67.5 cm³/mol. The molecule has 80 valence electrons. The fourth-order valence-electron chi connectivity index (χ4n) is 1.78. The second kappa shape index (κ2) is 3.43. The Morgan fingerprint density at radius 1 is 1.33 bits per heavy atom. The highest BCUT2D eigenvalue weighted by Crippen LogP contribution is 2.34. The number of rotatable bonds is 0. The van der Waals surface area contributed by atoms with Crippen LogP contribution in [-0.4, -0.2) is 10.2 Å². The van der Waals surface area contributed by atoms with Gasteiger partial charge < -0.3 is 0 Å². The lowest BCUT2D eigenvalue weighted by molar-refractivity contribution is 0.569. The molecule has 2 nitrogen and oxygen atoms in total. The Morgan fingerprint density at radius 3 is 2.60 bits per heavy atom. The molecule has 0 fully saturated rings.